The van der Waals surface area contributed by atoms with Gasteiger partial charge in [0, 0.05) is 42.8 Å². The number of hydrogen-bond acceptors (Lipinski definition) is 5. The molecule has 0 spiro atoms. The number of aromatic nitrogens is 1. The number of fused-ring (bicyclic) bond motifs is 1. The number of carbonyl (C=O) groups excluding carboxylic acids is 1. The van der Waals surface area contributed by atoms with Crippen LogP contribution in [0.15, 0.2) is 60.1 Å². The van der Waals surface area contributed by atoms with Crippen LogP contribution in [0.4, 0.5) is 4.39 Å². The Morgan fingerprint density at radius 1 is 1.28 bits per heavy atom. The average molecular weight is 412 g/mol. The Morgan fingerprint density at radius 2 is 2.07 bits per heavy atom. The number of rotatable bonds is 5. The standard InChI is InChI=1S/C22H22FN3O2S/c1-25(14-21-24-10-11-29-21)22(27)15-26-12-16-6-2-5-9-19(16)28-20(13-26)17-7-3-4-8-18(17)23/h2-11,20H,12-15H2,1H3. The van der Waals surface area contributed by atoms with E-state index in [0.717, 1.165) is 16.3 Å². The van der Waals surface area contributed by atoms with Gasteiger partial charge in [0.15, 0.2) is 0 Å². The summed E-state index contributed by atoms with van der Waals surface area (Å²) in [7, 11) is 1.78. The van der Waals surface area contributed by atoms with Gasteiger partial charge in [-0.25, -0.2) is 9.37 Å². The highest BCUT2D eigenvalue weighted by molar-refractivity contribution is 7.09. The molecule has 1 unspecified atom stereocenters. The van der Waals surface area contributed by atoms with E-state index >= 15 is 0 Å². The van der Waals surface area contributed by atoms with Gasteiger partial charge >= 0.3 is 0 Å². The molecule has 0 saturated carbocycles. The van der Waals surface area contributed by atoms with Gasteiger partial charge in [0.05, 0.1) is 13.1 Å². The van der Waals surface area contributed by atoms with Crippen molar-refractivity contribution in [2.45, 2.75) is 19.2 Å². The van der Waals surface area contributed by atoms with Gasteiger partial charge < -0.3 is 9.64 Å². The smallest absolute Gasteiger partial charge is 0.236 e. The molecule has 0 fully saturated rings. The number of nitrogens with zero attached hydrogens (tertiary/aromatic N) is 3. The van der Waals surface area contributed by atoms with Crippen LogP contribution < -0.4 is 4.74 Å². The van der Waals surface area contributed by atoms with Crippen LogP contribution in [0.5, 0.6) is 5.75 Å². The summed E-state index contributed by atoms with van der Waals surface area (Å²) in [6.07, 6.45) is 1.25. The molecule has 5 nitrogen and oxygen atoms in total. The van der Waals surface area contributed by atoms with Crippen molar-refractivity contribution in [3.8, 4) is 5.75 Å². The third-order valence-corrected chi connectivity index (χ3v) is 5.72. The molecule has 0 aliphatic carbocycles. The Hall–Kier alpha value is -2.77. The predicted octanol–water partition coefficient (Wildman–Crippen LogP) is 3.88. The van der Waals surface area contributed by atoms with E-state index in [9.17, 15) is 9.18 Å². The van der Waals surface area contributed by atoms with Gasteiger partial charge in [-0.1, -0.05) is 36.4 Å². The number of ether oxygens (including phenoxy) is 1. The molecule has 1 aliphatic heterocycles. The molecule has 29 heavy (non-hydrogen) atoms. The molecule has 1 aromatic heterocycles. The third-order valence-electron chi connectivity index (χ3n) is 4.95. The maximum absolute atomic E-state index is 14.4. The Bertz CT molecular complexity index is 980. The third kappa shape index (κ3) is 4.63. The van der Waals surface area contributed by atoms with Crippen molar-refractivity contribution >= 4 is 17.2 Å². The molecule has 7 heteroatoms. The molecular weight excluding hydrogens is 389 g/mol. The second-order valence-electron chi connectivity index (χ2n) is 7.08. The van der Waals surface area contributed by atoms with E-state index in [1.807, 2.05) is 34.5 Å². The molecule has 3 aromatic rings. The molecule has 150 valence electrons. The van der Waals surface area contributed by atoms with Crippen LogP contribution in [-0.2, 0) is 17.9 Å². The second-order valence-corrected chi connectivity index (χ2v) is 8.06. The minimum Gasteiger partial charge on any atom is -0.484 e. The molecular formula is C22H22FN3O2S. The summed E-state index contributed by atoms with van der Waals surface area (Å²) < 4.78 is 20.6. The highest BCUT2D eigenvalue weighted by Crippen LogP contribution is 2.32. The molecule has 1 aliphatic rings. The van der Waals surface area contributed by atoms with Gasteiger partial charge in [-0.3, -0.25) is 9.69 Å². The molecule has 0 saturated heterocycles. The molecule has 1 atom stereocenters. The maximum atomic E-state index is 14.4. The first-order chi connectivity index (χ1) is 14.1. The Labute approximate surface area is 173 Å². The van der Waals surface area contributed by atoms with Crippen LogP contribution in [0.3, 0.4) is 0 Å². The summed E-state index contributed by atoms with van der Waals surface area (Å²) in [6, 6.07) is 14.4. The first kappa shape index (κ1) is 19.5. The van der Waals surface area contributed by atoms with Crippen LogP contribution in [-0.4, -0.2) is 40.8 Å². The lowest BCUT2D eigenvalue weighted by atomic mass is 10.1. The quantitative estimate of drug-likeness (QED) is 0.639. The van der Waals surface area contributed by atoms with Crippen LogP contribution in [0, 0.1) is 5.82 Å². The lowest BCUT2D eigenvalue weighted by molar-refractivity contribution is -0.132. The lowest BCUT2D eigenvalue weighted by Gasteiger charge is -2.26. The Kier molecular flexibility index (Phi) is 5.87. The van der Waals surface area contributed by atoms with E-state index in [0.29, 0.717) is 25.2 Å². The largest absolute Gasteiger partial charge is 0.484 e. The number of para-hydroxylation sites is 1. The number of likely N-dealkylation sites (N-methyl/N-ethyl adjacent to an activating group) is 1. The summed E-state index contributed by atoms with van der Waals surface area (Å²) in [5, 5.41) is 2.80. The number of benzene rings is 2. The number of amides is 1. The topological polar surface area (TPSA) is 45.7 Å². The SMILES string of the molecule is CN(Cc1nccs1)C(=O)CN1Cc2ccccc2OC(c2ccccc2F)C1. The number of hydrogen-bond donors (Lipinski definition) is 0. The predicted molar refractivity (Wildman–Crippen MR) is 110 cm³/mol. The zero-order valence-corrected chi connectivity index (χ0v) is 16.9. The normalized spacial score (nSPS) is 16.6. The van der Waals surface area contributed by atoms with Crippen molar-refractivity contribution < 1.29 is 13.9 Å². The molecule has 0 N–H and O–H groups in total. The molecule has 0 bridgehead atoms. The van der Waals surface area contributed by atoms with Gasteiger partial charge in [0.2, 0.25) is 5.91 Å². The average Bonchev–Trinajstić information content (AvgIpc) is 3.15. The van der Waals surface area contributed by atoms with Gasteiger partial charge in [0.1, 0.15) is 22.7 Å². The lowest BCUT2D eigenvalue weighted by Crippen LogP contribution is -2.39. The van der Waals surface area contributed by atoms with Crippen molar-refractivity contribution in [1.29, 1.82) is 0 Å². The summed E-state index contributed by atoms with van der Waals surface area (Å²) >= 11 is 1.53. The van der Waals surface area contributed by atoms with Crippen LogP contribution in [0.2, 0.25) is 0 Å². The maximum Gasteiger partial charge on any atom is 0.236 e. The first-order valence-corrected chi connectivity index (χ1v) is 10.3. The fourth-order valence-corrected chi connectivity index (χ4v) is 4.10. The van der Waals surface area contributed by atoms with Crippen LogP contribution in [0.25, 0.3) is 0 Å². The highest BCUT2D eigenvalue weighted by Gasteiger charge is 2.27. The van der Waals surface area contributed by atoms with E-state index in [-0.39, 0.29) is 18.3 Å². The van der Waals surface area contributed by atoms with Gasteiger partial charge in [-0.2, -0.15) is 0 Å². The monoisotopic (exact) mass is 411 g/mol. The van der Waals surface area contributed by atoms with Crippen molar-refractivity contribution in [1.82, 2.24) is 14.8 Å². The van der Waals surface area contributed by atoms with Crippen molar-refractivity contribution in [3.63, 3.8) is 0 Å². The van der Waals surface area contributed by atoms with Gasteiger partial charge in [-0.05, 0) is 12.1 Å². The van der Waals surface area contributed by atoms with E-state index in [1.54, 1.807) is 36.3 Å². The summed E-state index contributed by atoms with van der Waals surface area (Å²) in [6.45, 7) is 1.70. The van der Waals surface area contributed by atoms with E-state index in [4.69, 9.17) is 4.74 Å². The second kappa shape index (κ2) is 8.71. The molecule has 2 heterocycles. The van der Waals surface area contributed by atoms with E-state index in [2.05, 4.69) is 4.98 Å². The number of carbonyl (C=O) groups is 1. The molecule has 2 aromatic carbocycles. The number of halogens is 1. The highest BCUT2D eigenvalue weighted by atomic mass is 32.1. The van der Waals surface area contributed by atoms with Crippen molar-refractivity contribution in [3.05, 3.63) is 82.1 Å². The summed E-state index contributed by atoms with van der Waals surface area (Å²) in [5.74, 6) is 0.419. The zero-order valence-electron chi connectivity index (χ0n) is 16.1. The van der Waals surface area contributed by atoms with Gasteiger partial charge in [-0.15, -0.1) is 11.3 Å². The van der Waals surface area contributed by atoms with E-state index in [1.165, 1.54) is 17.4 Å². The molecule has 1 amide bonds. The minimum absolute atomic E-state index is 0.00753. The summed E-state index contributed by atoms with van der Waals surface area (Å²) in [5.41, 5.74) is 1.49. The summed E-state index contributed by atoms with van der Waals surface area (Å²) in [4.78, 5) is 20.8. The van der Waals surface area contributed by atoms with Crippen LogP contribution in [0.1, 0.15) is 22.2 Å². The number of thiazole rings is 1. The molecule has 0 radical (unpaired) electrons. The minimum atomic E-state index is -0.489. The van der Waals surface area contributed by atoms with E-state index < -0.39 is 6.10 Å². The Morgan fingerprint density at radius 3 is 2.86 bits per heavy atom. The van der Waals surface area contributed by atoms with Gasteiger partial charge in [0.25, 0.3) is 0 Å². The fraction of sp³-hybridized carbons (Fsp3) is 0.273. The fourth-order valence-electron chi connectivity index (χ4n) is 3.43. The van der Waals surface area contributed by atoms with Crippen LogP contribution >= 0.6 is 11.3 Å². The zero-order chi connectivity index (χ0) is 20.2. The van der Waals surface area contributed by atoms with Crippen molar-refractivity contribution in [2.24, 2.45) is 0 Å². The van der Waals surface area contributed by atoms with Crippen molar-refractivity contribution in [2.75, 3.05) is 20.1 Å². The Balaban J connectivity index is 1.54. The molecule has 4 rings (SSSR count). The first-order valence-electron chi connectivity index (χ1n) is 9.44.